The van der Waals surface area contributed by atoms with Crippen LogP contribution in [-0.2, 0) is 34.7 Å². The lowest BCUT2D eigenvalue weighted by Gasteiger charge is -2.46. The normalized spacial score (nSPS) is 28.2. The summed E-state index contributed by atoms with van der Waals surface area (Å²) < 4.78 is 20.2. The van der Waals surface area contributed by atoms with Gasteiger partial charge < -0.3 is 24.4 Å². The number of hydrogen-bond acceptors (Lipinski definition) is 8. The van der Waals surface area contributed by atoms with Gasteiger partial charge in [0.15, 0.2) is 6.29 Å². The number of aliphatic hydroxyl groups is 2. The topological polar surface area (TPSA) is 125 Å². The van der Waals surface area contributed by atoms with Crippen molar-refractivity contribution in [3.8, 4) is 11.1 Å². The van der Waals surface area contributed by atoms with E-state index in [2.05, 4.69) is 4.98 Å². The molecule has 0 saturated carbocycles. The van der Waals surface area contributed by atoms with Gasteiger partial charge in [0.25, 0.3) is 5.56 Å². The molecule has 1 aromatic carbocycles. The van der Waals surface area contributed by atoms with Gasteiger partial charge in [0.05, 0.1) is 18.1 Å². The fourth-order valence-corrected chi connectivity index (χ4v) is 5.17. The van der Waals surface area contributed by atoms with Crippen LogP contribution in [0.15, 0.2) is 46.1 Å². The standard InChI is InChI=1S/C26H31N3O7/c1-4-8-18-34-13-17-23(36-18)22(31)21(30)16(35-17)11-15-12-27-24-20(19(15)14-9-6-5-7-10-14)25(32)29(3)26(33)28(24)2/h5-7,9-10,12,16-18,21-23,30-31H,4,8,11,13H2,1-3H3/t16-,17+,18?,21-,22+,23+/m0/s1. The van der Waals surface area contributed by atoms with Crippen LogP contribution in [0.5, 0.6) is 0 Å². The fraction of sp³-hybridized carbons (Fsp3) is 0.500. The Bertz CT molecular complexity index is 1370. The Balaban J connectivity index is 1.56. The van der Waals surface area contributed by atoms with E-state index in [1.807, 2.05) is 37.3 Å². The zero-order chi connectivity index (χ0) is 25.6. The lowest BCUT2D eigenvalue weighted by Crippen LogP contribution is -2.63. The van der Waals surface area contributed by atoms with E-state index >= 15 is 0 Å². The molecule has 2 aromatic heterocycles. The van der Waals surface area contributed by atoms with Gasteiger partial charge in [0, 0.05) is 32.3 Å². The van der Waals surface area contributed by atoms with Gasteiger partial charge in [-0.05, 0) is 17.5 Å². The Hall–Kier alpha value is -2.89. The van der Waals surface area contributed by atoms with Crippen LogP contribution in [0.4, 0.5) is 0 Å². The van der Waals surface area contributed by atoms with Crippen molar-refractivity contribution in [2.45, 2.75) is 63.0 Å². The van der Waals surface area contributed by atoms with Crippen molar-refractivity contribution < 1.29 is 24.4 Å². The Morgan fingerprint density at radius 3 is 2.53 bits per heavy atom. The van der Waals surface area contributed by atoms with Gasteiger partial charge in [-0.3, -0.25) is 13.9 Å². The van der Waals surface area contributed by atoms with Crippen molar-refractivity contribution >= 4 is 11.0 Å². The Labute approximate surface area is 207 Å². The van der Waals surface area contributed by atoms with Crippen LogP contribution in [0, 0.1) is 0 Å². The molecule has 192 valence electrons. The summed E-state index contributed by atoms with van der Waals surface area (Å²) in [6, 6.07) is 9.36. The van der Waals surface area contributed by atoms with E-state index in [9.17, 15) is 19.8 Å². The SMILES string of the molecule is CCCC1OC[C@H]2O[C@@H](Cc3cnc4c(c3-c3ccccc3)c(=O)n(C)c(=O)n4C)[C@H](O)[C@@H](O)[C@@H]2O1. The molecule has 1 unspecified atom stereocenters. The molecule has 10 nitrogen and oxygen atoms in total. The number of aryl methyl sites for hydroxylation is 1. The molecular formula is C26H31N3O7. The van der Waals surface area contributed by atoms with Crippen molar-refractivity contribution in [2.24, 2.45) is 14.1 Å². The average molecular weight is 498 g/mol. The molecule has 2 fully saturated rings. The first-order valence-electron chi connectivity index (χ1n) is 12.2. The number of fused-ring (bicyclic) bond motifs is 2. The number of benzene rings is 1. The summed E-state index contributed by atoms with van der Waals surface area (Å²) in [5.41, 5.74) is 1.38. The smallest absolute Gasteiger partial charge is 0.332 e. The third kappa shape index (κ3) is 4.18. The molecule has 2 aliphatic heterocycles. The molecule has 2 saturated heterocycles. The first-order chi connectivity index (χ1) is 17.3. The van der Waals surface area contributed by atoms with E-state index < -0.39 is 48.1 Å². The van der Waals surface area contributed by atoms with Crippen LogP contribution in [0.3, 0.4) is 0 Å². The summed E-state index contributed by atoms with van der Waals surface area (Å²) in [7, 11) is 3.01. The Morgan fingerprint density at radius 2 is 1.81 bits per heavy atom. The molecule has 3 aromatic rings. The van der Waals surface area contributed by atoms with Crippen LogP contribution >= 0.6 is 0 Å². The van der Waals surface area contributed by atoms with Gasteiger partial charge in [0.2, 0.25) is 0 Å². The van der Waals surface area contributed by atoms with Gasteiger partial charge in [-0.15, -0.1) is 0 Å². The minimum absolute atomic E-state index is 0.180. The number of nitrogens with zero attached hydrogens (tertiary/aromatic N) is 3. The Morgan fingerprint density at radius 1 is 1.06 bits per heavy atom. The van der Waals surface area contributed by atoms with E-state index in [1.165, 1.54) is 11.6 Å². The van der Waals surface area contributed by atoms with E-state index in [0.29, 0.717) is 22.9 Å². The molecular weight excluding hydrogens is 466 g/mol. The predicted octanol–water partition coefficient (Wildman–Crippen LogP) is 0.872. The van der Waals surface area contributed by atoms with Crippen molar-refractivity contribution in [1.82, 2.24) is 14.1 Å². The first-order valence-corrected chi connectivity index (χ1v) is 12.2. The minimum atomic E-state index is -1.21. The van der Waals surface area contributed by atoms with E-state index in [0.717, 1.165) is 16.6 Å². The van der Waals surface area contributed by atoms with Crippen molar-refractivity contribution in [1.29, 1.82) is 0 Å². The van der Waals surface area contributed by atoms with Crippen LogP contribution < -0.4 is 11.2 Å². The number of rotatable bonds is 5. The maximum atomic E-state index is 13.3. The molecule has 10 heteroatoms. The molecule has 0 radical (unpaired) electrons. The van der Waals surface area contributed by atoms with E-state index in [4.69, 9.17) is 14.2 Å². The zero-order valence-corrected chi connectivity index (χ0v) is 20.5. The molecule has 0 spiro atoms. The molecule has 0 aliphatic carbocycles. The fourth-order valence-electron chi connectivity index (χ4n) is 5.17. The summed E-state index contributed by atoms with van der Waals surface area (Å²) in [6.07, 6.45) is -1.47. The quantitative estimate of drug-likeness (QED) is 0.532. The summed E-state index contributed by atoms with van der Waals surface area (Å²) in [6.45, 7) is 2.27. The number of hydrogen-bond donors (Lipinski definition) is 2. The van der Waals surface area contributed by atoms with Crippen LogP contribution in [0.2, 0.25) is 0 Å². The van der Waals surface area contributed by atoms with Gasteiger partial charge in [-0.25, -0.2) is 9.78 Å². The molecule has 4 heterocycles. The summed E-state index contributed by atoms with van der Waals surface area (Å²) in [5, 5.41) is 22.2. The van der Waals surface area contributed by atoms with Crippen molar-refractivity contribution in [3.63, 3.8) is 0 Å². The highest BCUT2D eigenvalue weighted by Gasteiger charge is 2.48. The first kappa shape index (κ1) is 24.8. The summed E-state index contributed by atoms with van der Waals surface area (Å²) >= 11 is 0. The highest BCUT2D eigenvalue weighted by molar-refractivity contribution is 5.94. The summed E-state index contributed by atoms with van der Waals surface area (Å²) in [4.78, 5) is 30.2. The lowest BCUT2D eigenvalue weighted by molar-refractivity contribution is -0.325. The molecule has 0 bridgehead atoms. The van der Waals surface area contributed by atoms with Crippen molar-refractivity contribution in [3.05, 3.63) is 62.9 Å². The molecule has 0 amide bonds. The average Bonchev–Trinajstić information content (AvgIpc) is 2.90. The Kier molecular flexibility index (Phi) is 6.80. The molecule has 2 aliphatic rings. The van der Waals surface area contributed by atoms with Gasteiger partial charge >= 0.3 is 5.69 Å². The predicted molar refractivity (Wildman–Crippen MR) is 132 cm³/mol. The van der Waals surface area contributed by atoms with Crippen LogP contribution in [0.1, 0.15) is 25.3 Å². The summed E-state index contributed by atoms with van der Waals surface area (Å²) in [5.74, 6) is 0. The second-order valence-electron chi connectivity index (χ2n) is 9.48. The van der Waals surface area contributed by atoms with Gasteiger partial charge in [-0.1, -0.05) is 43.7 Å². The monoisotopic (exact) mass is 497 g/mol. The number of aromatic nitrogens is 3. The second kappa shape index (κ2) is 9.87. The largest absolute Gasteiger partial charge is 0.388 e. The zero-order valence-electron chi connectivity index (χ0n) is 20.5. The van der Waals surface area contributed by atoms with Crippen LogP contribution in [0.25, 0.3) is 22.2 Å². The third-order valence-corrected chi connectivity index (χ3v) is 7.09. The number of ether oxygens (including phenoxy) is 3. The van der Waals surface area contributed by atoms with Crippen molar-refractivity contribution in [2.75, 3.05) is 6.61 Å². The molecule has 2 N–H and O–H groups in total. The van der Waals surface area contributed by atoms with Gasteiger partial charge in [-0.2, -0.15) is 0 Å². The molecule has 36 heavy (non-hydrogen) atoms. The molecule has 6 atom stereocenters. The van der Waals surface area contributed by atoms with Crippen LogP contribution in [-0.4, -0.2) is 67.7 Å². The van der Waals surface area contributed by atoms with Gasteiger partial charge in [0.1, 0.15) is 30.1 Å². The number of aliphatic hydroxyl groups excluding tert-OH is 2. The third-order valence-electron chi connectivity index (χ3n) is 7.09. The second-order valence-corrected chi connectivity index (χ2v) is 9.48. The lowest BCUT2D eigenvalue weighted by atomic mass is 9.88. The minimum Gasteiger partial charge on any atom is -0.388 e. The maximum Gasteiger partial charge on any atom is 0.332 e. The maximum absolute atomic E-state index is 13.3. The highest BCUT2D eigenvalue weighted by atomic mass is 16.7. The van der Waals surface area contributed by atoms with E-state index in [1.54, 1.807) is 13.2 Å². The number of pyridine rings is 1. The molecule has 5 rings (SSSR count). The van der Waals surface area contributed by atoms with E-state index in [-0.39, 0.29) is 18.7 Å². The highest BCUT2D eigenvalue weighted by Crippen LogP contribution is 2.34.